The van der Waals surface area contributed by atoms with E-state index in [-0.39, 0.29) is 11.5 Å². The van der Waals surface area contributed by atoms with Gasteiger partial charge in [0.2, 0.25) is 0 Å². The Hall–Kier alpha value is -4.44. The van der Waals surface area contributed by atoms with E-state index in [4.69, 9.17) is 18.9 Å². The highest BCUT2D eigenvalue weighted by Crippen LogP contribution is 2.31. The van der Waals surface area contributed by atoms with E-state index in [2.05, 4.69) is 0 Å². The lowest BCUT2D eigenvalue weighted by atomic mass is 10.1. The summed E-state index contributed by atoms with van der Waals surface area (Å²) < 4.78 is 22.2. The standard InChI is InChI=1S/C28H26N2O5/c1-32-23-7-5-8-24(18-23)34-14-15-35-26-11-10-20(17-27(26)33-2)16-22(19-29)28(31)30-13-12-21-6-3-4-9-25(21)30/h3-11,16-18H,12-15H2,1-2H3. The van der Waals surface area contributed by atoms with Gasteiger partial charge >= 0.3 is 0 Å². The van der Waals surface area contributed by atoms with Gasteiger partial charge < -0.3 is 23.8 Å². The largest absolute Gasteiger partial charge is 0.497 e. The highest BCUT2D eigenvalue weighted by Gasteiger charge is 2.26. The minimum absolute atomic E-state index is 0.0594. The molecule has 7 heteroatoms. The summed E-state index contributed by atoms with van der Waals surface area (Å²) in [5.41, 5.74) is 2.69. The van der Waals surface area contributed by atoms with Crippen LogP contribution < -0.4 is 23.8 Å². The number of hydrogen-bond acceptors (Lipinski definition) is 6. The normalized spacial score (nSPS) is 12.5. The van der Waals surface area contributed by atoms with E-state index in [1.165, 1.54) is 0 Å². The number of amides is 1. The lowest BCUT2D eigenvalue weighted by molar-refractivity contribution is -0.114. The molecule has 0 atom stereocenters. The molecule has 0 saturated carbocycles. The van der Waals surface area contributed by atoms with Crippen molar-refractivity contribution in [1.29, 1.82) is 5.26 Å². The summed E-state index contributed by atoms with van der Waals surface area (Å²) in [6.07, 6.45) is 2.35. The highest BCUT2D eigenvalue weighted by molar-refractivity contribution is 6.12. The molecule has 0 spiro atoms. The molecule has 7 nitrogen and oxygen atoms in total. The predicted molar refractivity (Wildman–Crippen MR) is 133 cm³/mol. The summed E-state index contributed by atoms with van der Waals surface area (Å²) in [7, 11) is 3.15. The Balaban J connectivity index is 1.41. The van der Waals surface area contributed by atoms with Crippen LogP contribution in [0, 0.1) is 11.3 Å². The van der Waals surface area contributed by atoms with Crippen LogP contribution in [0.5, 0.6) is 23.0 Å². The van der Waals surface area contributed by atoms with Crippen LogP contribution in [0.4, 0.5) is 5.69 Å². The van der Waals surface area contributed by atoms with Crippen LogP contribution in [0.1, 0.15) is 11.1 Å². The number of nitrogens with zero attached hydrogens (tertiary/aromatic N) is 2. The van der Waals surface area contributed by atoms with Crippen molar-refractivity contribution in [2.24, 2.45) is 0 Å². The number of carbonyl (C=O) groups is 1. The maximum absolute atomic E-state index is 13.1. The van der Waals surface area contributed by atoms with Crippen molar-refractivity contribution in [3.05, 3.63) is 83.4 Å². The Kier molecular flexibility index (Phi) is 7.53. The van der Waals surface area contributed by atoms with Crippen molar-refractivity contribution in [3.63, 3.8) is 0 Å². The first kappa shape index (κ1) is 23.7. The van der Waals surface area contributed by atoms with Gasteiger partial charge in [-0.15, -0.1) is 0 Å². The van der Waals surface area contributed by atoms with Gasteiger partial charge in [0.1, 0.15) is 36.4 Å². The summed E-state index contributed by atoms with van der Waals surface area (Å²) in [6.45, 7) is 1.20. The lowest BCUT2D eigenvalue weighted by Crippen LogP contribution is -2.29. The van der Waals surface area contributed by atoms with E-state index >= 15 is 0 Å². The number of para-hydroxylation sites is 1. The second-order valence-electron chi connectivity index (χ2n) is 7.79. The van der Waals surface area contributed by atoms with Crippen molar-refractivity contribution in [1.82, 2.24) is 0 Å². The number of nitriles is 1. The minimum Gasteiger partial charge on any atom is -0.497 e. The first-order valence-corrected chi connectivity index (χ1v) is 11.2. The third-order valence-corrected chi connectivity index (χ3v) is 5.63. The Bertz CT molecular complexity index is 1280. The van der Waals surface area contributed by atoms with Crippen molar-refractivity contribution in [3.8, 4) is 29.1 Å². The van der Waals surface area contributed by atoms with Crippen LogP contribution in [0.15, 0.2) is 72.3 Å². The van der Waals surface area contributed by atoms with Crippen LogP contribution in [0.25, 0.3) is 6.08 Å². The fraction of sp³-hybridized carbons (Fsp3) is 0.214. The van der Waals surface area contributed by atoms with Crippen LogP contribution in [-0.4, -0.2) is 39.9 Å². The van der Waals surface area contributed by atoms with E-state index in [1.54, 1.807) is 49.5 Å². The number of carbonyl (C=O) groups excluding carboxylic acids is 1. The summed E-state index contributed by atoms with van der Waals surface area (Å²) in [5, 5.41) is 9.67. The highest BCUT2D eigenvalue weighted by atomic mass is 16.5. The quantitative estimate of drug-likeness (QED) is 0.257. The first-order chi connectivity index (χ1) is 17.1. The molecule has 0 bridgehead atoms. The van der Waals surface area contributed by atoms with Gasteiger partial charge in [0.05, 0.1) is 14.2 Å². The Morgan fingerprint density at radius 1 is 0.943 bits per heavy atom. The first-order valence-electron chi connectivity index (χ1n) is 11.2. The molecule has 0 aliphatic carbocycles. The van der Waals surface area contributed by atoms with Crippen molar-refractivity contribution < 1.29 is 23.7 Å². The molecule has 1 amide bonds. The molecular weight excluding hydrogens is 444 g/mol. The SMILES string of the molecule is COc1cccc(OCCOc2ccc(C=C(C#N)C(=O)N3CCc4ccccc43)cc2OC)c1. The molecular formula is C28H26N2O5. The molecule has 0 saturated heterocycles. The molecule has 3 aromatic carbocycles. The van der Waals surface area contributed by atoms with Crippen LogP contribution in [0.2, 0.25) is 0 Å². The number of rotatable bonds is 9. The zero-order valence-electron chi connectivity index (χ0n) is 19.7. The van der Waals surface area contributed by atoms with Gasteiger partial charge in [-0.25, -0.2) is 0 Å². The molecule has 1 heterocycles. The zero-order chi connectivity index (χ0) is 24.6. The maximum atomic E-state index is 13.1. The minimum atomic E-state index is -0.313. The Morgan fingerprint density at radius 2 is 1.74 bits per heavy atom. The van der Waals surface area contributed by atoms with Gasteiger partial charge in [0.15, 0.2) is 11.5 Å². The van der Waals surface area contributed by atoms with Gasteiger partial charge in [-0.2, -0.15) is 5.26 Å². The average Bonchev–Trinajstić information content (AvgIpc) is 3.34. The van der Waals surface area contributed by atoms with Crippen molar-refractivity contribution >= 4 is 17.7 Å². The van der Waals surface area contributed by atoms with E-state index in [9.17, 15) is 10.1 Å². The third kappa shape index (κ3) is 5.56. The molecule has 0 unspecified atom stereocenters. The van der Waals surface area contributed by atoms with Crippen molar-refractivity contribution in [2.45, 2.75) is 6.42 Å². The van der Waals surface area contributed by atoms with E-state index in [0.717, 1.165) is 23.4 Å². The topological polar surface area (TPSA) is 81.0 Å². The van der Waals surface area contributed by atoms with Gasteiger partial charge in [-0.05, 0) is 54.0 Å². The second kappa shape index (κ2) is 11.1. The number of fused-ring (bicyclic) bond motifs is 1. The summed E-state index contributed by atoms with van der Waals surface area (Å²) in [4.78, 5) is 14.7. The molecule has 0 radical (unpaired) electrons. The van der Waals surface area contributed by atoms with Crippen LogP contribution in [0.3, 0.4) is 0 Å². The number of anilines is 1. The van der Waals surface area contributed by atoms with Gasteiger partial charge in [-0.3, -0.25) is 4.79 Å². The summed E-state index contributed by atoms with van der Waals surface area (Å²) >= 11 is 0. The molecule has 178 valence electrons. The fourth-order valence-electron chi connectivity index (χ4n) is 3.90. The number of ether oxygens (including phenoxy) is 4. The monoisotopic (exact) mass is 470 g/mol. The Morgan fingerprint density at radius 3 is 2.54 bits per heavy atom. The number of hydrogen-bond donors (Lipinski definition) is 0. The molecule has 4 rings (SSSR count). The average molecular weight is 471 g/mol. The smallest absolute Gasteiger partial charge is 0.268 e. The van der Waals surface area contributed by atoms with Crippen LogP contribution in [-0.2, 0) is 11.2 Å². The molecule has 1 aliphatic heterocycles. The molecule has 0 N–H and O–H groups in total. The summed E-state index contributed by atoms with van der Waals surface area (Å²) in [5.74, 6) is 2.13. The van der Waals surface area contributed by atoms with Gasteiger partial charge in [0.25, 0.3) is 5.91 Å². The second-order valence-corrected chi connectivity index (χ2v) is 7.79. The Labute approximate surface area is 204 Å². The number of methoxy groups -OCH3 is 2. The number of benzene rings is 3. The lowest BCUT2D eigenvalue weighted by Gasteiger charge is -2.16. The van der Waals surface area contributed by atoms with Crippen LogP contribution >= 0.6 is 0 Å². The predicted octanol–water partition coefficient (Wildman–Crippen LogP) is 4.66. The van der Waals surface area contributed by atoms with E-state index < -0.39 is 0 Å². The maximum Gasteiger partial charge on any atom is 0.268 e. The van der Waals surface area contributed by atoms with Gasteiger partial charge in [0, 0.05) is 18.3 Å². The molecule has 1 aliphatic rings. The molecule has 3 aromatic rings. The third-order valence-electron chi connectivity index (χ3n) is 5.63. The molecule has 0 aromatic heterocycles. The van der Waals surface area contributed by atoms with Crippen molar-refractivity contribution in [2.75, 3.05) is 38.9 Å². The van der Waals surface area contributed by atoms with E-state index in [0.29, 0.717) is 42.6 Å². The van der Waals surface area contributed by atoms with E-state index in [1.807, 2.05) is 48.5 Å². The van der Waals surface area contributed by atoms with Gasteiger partial charge in [-0.1, -0.05) is 30.3 Å². The molecule has 35 heavy (non-hydrogen) atoms. The zero-order valence-corrected chi connectivity index (χ0v) is 19.7. The fourth-order valence-corrected chi connectivity index (χ4v) is 3.90. The molecule has 0 fully saturated rings. The summed E-state index contributed by atoms with van der Waals surface area (Å²) in [6, 6.07) is 22.4.